The average molecular weight is 261 g/mol. The smallest absolute Gasteiger partial charge is 0.0208 e. The quantitative estimate of drug-likeness (QED) is 0.617. The van der Waals surface area contributed by atoms with E-state index in [1.165, 1.54) is 48.8 Å². The lowest BCUT2D eigenvalue weighted by molar-refractivity contribution is 0.512. The first kappa shape index (κ1) is 16.2. The van der Waals surface area contributed by atoms with Gasteiger partial charge < -0.3 is 5.32 Å². The fraction of sp³-hybridized carbons (Fsp3) is 0.667. The molecule has 0 amide bonds. The van der Waals surface area contributed by atoms with E-state index in [2.05, 4.69) is 51.2 Å². The van der Waals surface area contributed by atoms with Gasteiger partial charge in [-0.25, -0.2) is 0 Å². The summed E-state index contributed by atoms with van der Waals surface area (Å²) in [5.74, 6) is 0.864. The molecule has 0 aliphatic heterocycles. The van der Waals surface area contributed by atoms with Crippen LogP contribution >= 0.6 is 0 Å². The molecule has 0 unspecified atom stereocenters. The topological polar surface area (TPSA) is 12.0 Å². The molecular formula is C18H31N. The zero-order chi connectivity index (χ0) is 14.1. The molecule has 0 fully saturated rings. The summed E-state index contributed by atoms with van der Waals surface area (Å²) in [7, 11) is 0. The molecule has 0 radical (unpaired) electrons. The number of nitrogens with one attached hydrogen (secondary N) is 1. The molecule has 0 bridgehead atoms. The van der Waals surface area contributed by atoms with Crippen molar-refractivity contribution in [3.05, 3.63) is 34.9 Å². The normalized spacial score (nSPS) is 11.2. The van der Waals surface area contributed by atoms with Crippen LogP contribution in [-0.4, -0.2) is 6.54 Å². The molecule has 1 heteroatoms. The highest BCUT2D eigenvalue weighted by molar-refractivity contribution is 5.30. The Morgan fingerprint density at radius 2 is 1.74 bits per heavy atom. The van der Waals surface area contributed by atoms with Crippen molar-refractivity contribution in [2.24, 2.45) is 5.92 Å². The number of unbranched alkanes of at least 4 members (excludes halogenated alkanes) is 3. The molecule has 0 heterocycles. The van der Waals surface area contributed by atoms with E-state index in [0.717, 1.165) is 19.0 Å². The highest BCUT2D eigenvalue weighted by Gasteiger charge is 1.98. The second-order valence-corrected chi connectivity index (χ2v) is 6.20. The van der Waals surface area contributed by atoms with Crippen molar-refractivity contribution in [1.29, 1.82) is 0 Å². The van der Waals surface area contributed by atoms with Crippen LogP contribution < -0.4 is 5.32 Å². The Morgan fingerprint density at radius 1 is 1.00 bits per heavy atom. The van der Waals surface area contributed by atoms with E-state index in [1.54, 1.807) is 0 Å². The Balaban J connectivity index is 2.04. The van der Waals surface area contributed by atoms with E-state index in [9.17, 15) is 0 Å². The third kappa shape index (κ3) is 7.37. The van der Waals surface area contributed by atoms with Crippen molar-refractivity contribution in [2.75, 3.05) is 6.54 Å². The van der Waals surface area contributed by atoms with Crippen molar-refractivity contribution in [3.8, 4) is 0 Å². The maximum atomic E-state index is 3.56. The summed E-state index contributed by atoms with van der Waals surface area (Å²) in [5, 5.41) is 3.56. The summed E-state index contributed by atoms with van der Waals surface area (Å²) < 4.78 is 0. The number of hydrogen-bond donors (Lipinski definition) is 1. The second-order valence-electron chi connectivity index (χ2n) is 6.20. The first-order valence-corrected chi connectivity index (χ1v) is 7.86. The van der Waals surface area contributed by atoms with Crippen molar-refractivity contribution >= 4 is 0 Å². The van der Waals surface area contributed by atoms with Gasteiger partial charge in [0.05, 0.1) is 0 Å². The van der Waals surface area contributed by atoms with E-state index in [-0.39, 0.29) is 0 Å². The van der Waals surface area contributed by atoms with E-state index >= 15 is 0 Å². The summed E-state index contributed by atoms with van der Waals surface area (Å²) in [6.07, 6.45) is 6.85. The highest BCUT2D eigenvalue weighted by Crippen LogP contribution is 2.11. The van der Waals surface area contributed by atoms with Crippen LogP contribution in [-0.2, 0) is 6.54 Å². The third-order valence-electron chi connectivity index (χ3n) is 3.70. The molecule has 0 spiro atoms. The van der Waals surface area contributed by atoms with E-state index in [1.807, 2.05) is 0 Å². The minimum atomic E-state index is 0.864. The van der Waals surface area contributed by atoms with Crippen molar-refractivity contribution in [1.82, 2.24) is 5.32 Å². The molecule has 0 aliphatic carbocycles. The van der Waals surface area contributed by atoms with Crippen LogP contribution in [0.2, 0.25) is 0 Å². The SMILES string of the molecule is Cc1ccc(CNCCCCCCC(C)C)c(C)c1. The minimum Gasteiger partial charge on any atom is -0.313 e. The van der Waals surface area contributed by atoms with E-state index < -0.39 is 0 Å². The van der Waals surface area contributed by atoms with Gasteiger partial charge in [-0.15, -0.1) is 0 Å². The van der Waals surface area contributed by atoms with Gasteiger partial charge in [-0.1, -0.05) is 63.3 Å². The van der Waals surface area contributed by atoms with Crippen LogP contribution in [0, 0.1) is 19.8 Å². The van der Waals surface area contributed by atoms with Gasteiger partial charge in [0, 0.05) is 6.54 Å². The Labute approximate surface area is 119 Å². The summed E-state index contributed by atoms with van der Waals surface area (Å²) >= 11 is 0. The predicted molar refractivity (Wildman–Crippen MR) is 85.5 cm³/mol. The summed E-state index contributed by atoms with van der Waals surface area (Å²) in [6.45, 7) is 11.1. The Bertz CT molecular complexity index is 355. The van der Waals surface area contributed by atoms with E-state index in [0.29, 0.717) is 0 Å². The Kier molecular flexibility index (Phi) is 7.81. The molecule has 0 saturated carbocycles. The zero-order valence-electron chi connectivity index (χ0n) is 13.3. The lowest BCUT2D eigenvalue weighted by atomic mass is 10.0. The van der Waals surface area contributed by atoms with Gasteiger partial charge in [0.15, 0.2) is 0 Å². The Morgan fingerprint density at radius 3 is 2.42 bits per heavy atom. The minimum absolute atomic E-state index is 0.864. The summed E-state index contributed by atoms with van der Waals surface area (Å²) in [4.78, 5) is 0. The van der Waals surface area contributed by atoms with Gasteiger partial charge in [-0.05, 0) is 43.9 Å². The molecule has 0 atom stereocenters. The molecule has 1 aromatic carbocycles. The number of aryl methyl sites for hydroxylation is 2. The first-order valence-electron chi connectivity index (χ1n) is 7.86. The molecule has 1 nitrogen and oxygen atoms in total. The Hall–Kier alpha value is -0.820. The number of rotatable bonds is 9. The fourth-order valence-corrected chi connectivity index (χ4v) is 2.42. The average Bonchev–Trinajstić information content (AvgIpc) is 2.34. The lowest BCUT2D eigenvalue weighted by Gasteiger charge is -2.09. The molecule has 108 valence electrons. The van der Waals surface area contributed by atoms with E-state index in [4.69, 9.17) is 0 Å². The molecule has 1 aromatic rings. The van der Waals surface area contributed by atoms with Gasteiger partial charge in [0.2, 0.25) is 0 Å². The molecule has 0 aliphatic rings. The largest absolute Gasteiger partial charge is 0.313 e. The van der Waals surface area contributed by atoms with Gasteiger partial charge in [-0.3, -0.25) is 0 Å². The maximum Gasteiger partial charge on any atom is 0.0208 e. The zero-order valence-corrected chi connectivity index (χ0v) is 13.3. The van der Waals surface area contributed by atoms with Crippen LogP contribution in [0.15, 0.2) is 18.2 Å². The molecule has 0 aromatic heterocycles. The van der Waals surface area contributed by atoms with Crippen LogP contribution in [0.5, 0.6) is 0 Å². The molecule has 0 saturated heterocycles. The fourth-order valence-electron chi connectivity index (χ4n) is 2.42. The van der Waals surface area contributed by atoms with Gasteiger partial charge in [0.25, 0.3) is 0 Å². The van der Waals surface area contributed by atoms with Crippen molar-refractivity contribution in [2.45, 2.75) is 66.3 Å². The van der Waals surface area contributed by atoms with Gasteiger partial charge in [-0.2, -0.15) is 0 Å². The number of benzene rings is 1. The van der Waals surface area contributed by atoms with Crippen LogP contribution in [0.25, 0.3) is 0 Å². The van der Waals surface area contributed by atoms with Gasteiger partial charge in [0.1, 0.15) is 0 Å². The lowest BCUT2D eigenvalue weighted by Crippen LogP contribution is -2.15. The van der Waals surface area contributed by atoms with Gasteiger partial charge >= 0.3 is 0 Å². The second kappa shape index (κ2) is 9.14. The van der Waals surface area contributed by atoms with Crippen molar-refractivity contribution < 1.29 is 0 Å². The molecular weight excluding hydrogens is 230 g/mol. The highest BCUT2D eigenvalue weighted by atomic mass is 14.8. The monoisotopic (exact) mass is 261 g/mol. The predicted octanol–water partition coefficient (Wildman–Crippen LogP) is 5.00. The van der Waals surface area contributed by atoms with Crippen LogP contribution in [0.3, 0.4) is 0 Å². The molecule has 1 N–H and O–H groups in total. The summed E-state index contributed by atoms with van der Waals surface area (Å²) in [5.41, 5.74) is 4.20. The number of hydrogen-bond acceptors (Lipinski definition) is 1. The molecule has 1 rings (SSSR count). The third-order valence-corrected chi connectivity index (χ3v) is 3.70. The summed E-state index contributed by atoms with van der Waals surface area (Å²) in [6, 6.07) is 6.72. The van der Waals surface area contributed by atoms with Crippen molar-refractivity contribution in [3.63, 3.8) is 0 Å². The van der Waals surface area contributed by atoms with Crippen LogP contribution in [0.4, 0.5) is 0 Å². The van der Waals surface area contributed by atoms with Crippen LogP contribution in [0.1, 0.15) is 62.6 Å². The maximum absolute atomic E-state index is 3.56. The first-order chi connectivity index (χ1) is 9.09. The molecule has 19 heavy (non-hydrogen) atoms. The standard InChI is InChI=1S/C18H31N/c1-15(2)9-7-5-6-8-12-19-14-18-11-10-16(3)13-17(18)4/h10-11,13,15,19H,5-9,12,14H2,1-4H3.